The summed E-state index contributed by atoms with van der Waals surface area (Å²) in [5.74, 6) is 0.876. The van der Waals surface area contributed by atoms with Crippen molar-refractivity contribution in [2.45, 2.75) is 47.0 Å². The fourth-order valence-corrected chi connectivity index (χ4v) is 4.61. The summed E-state index contributed by atoms with van der Waals surface area (Å²) in [4.78, 5) is 29.8. The summed E-state index contributed by atoms with van der Waals surface area (Å²) in [5, 5.41) is 5.14. The summed E-state index contributed by atoms with van der Waals surface area (Å²) >= 11 is 3.45. The Morgan fingerprint density at radius 3 is 2.55 bits per heavy atom. The molecule has 0 bridgehead atoms. The van der Waals surface area contributed by atoms with Gasteiger partial charge in [-0.15, -0.1) is 0 Å². The number of nitrogens with zero attached hydrogens (tertiary/aromatic N) is 4. The van der Waals surface area contributed by atoms with Crippen molar-refractivity contribution in [1.29, 1.82) is 0 Å². The van der Waals surface area contributed by atoms with Gasteiger partial charge in [-0.3, -0.25) is 4.79 Å². The van der Waals surface area contributed by atoms with Gasteiger partial charge in [-0.05, 0) is 75.7 Å². The van der Waals surface area contributed by atoms with Gasteiger partial charge >= 0.3 is 5.97 Å². The maximum atomic E-state index is 13.4. The first-order valence-electron chi connectivity index (χ1n) is 12.6. The molecular formula is C29H31BrN4O4. The number of ether oxygens (including phenoxy) is 2. The summed E-state index contributed by atoms with van der Waals surface area (Å²) in [7, 11) is 0. The Balaban J connectivity index is 1.66. The number of hydrogen-bond acceptors (Lipinski definition) is 6. The van der Waals surface area contributed by atoms with E-state index in [-0.39, 0.29) is 18.1 Å². The molecule has 38 heavy (non-hydrogen) atoms. The number of halogens is 1. The molecule has 4 aromatic rings. The second kappa shape index (κ2) is 11.8. The van der Waals surface area contributed by atoms with Crippen molar-refractivity contribution in [1.82, 2.24) is 14.2 Å². The number of carbonyl (C=O) groups excluding carboxylic acids is 1. The lowest BCUT2D eigenvalue weighted by molar-refractivity contribution is -0.145. The minimum absolute atomic E-state index is 0.0601. The number of rotatable bonds is 9. The molecule has 2 aromatic heterocycles. The SMILES string of the molecule is CCOC(=O)COc1ccc(-n2c(C)cc(C=Nn3c([C@@H](C)CC)nc4ccc(Br)cc4c3=O)c2C)cc1. The zero-order valence-electron chi connectivity index (χ0n) is 22.2. The van der Waals surface area contributed by atoms with Crippen LogP contribution in [-0.4, -0.2) is 39.6 Å². The molecule has 9 heteroatoms. The van der Waals surface area contributed by atoms with Crippen LogP contribution in [-0.2, 0) is 9.53 Å². The lowest BCUT2D eigenvalue weighted by atomic mass is 10.1. The van der Waals surface area contributed by atoms with Crippen LogP contribution in [0.2, 0.25) is 0 Å². The van der Waals surface area contributed by atoms with E-state index >= 15 is 0 Å². The molecule has 8 nitrogen and oxygen atoms in total. The number of esters is 1. The molecule has 0 amide bonds. The second-order valence-electron chi connectivity index (χ2n) is 9.05. The molecule has 0 aliphatic carbocycles. The minimum Gasteiger partial charge on any atom is -0.482 e. The van der Waals surface area contributed by atoms with E-state index in [0.29, 0.717) is 29.1 Å². The van der Waals surface area contributed by atoms with E-state index in [2.05, 4.69) is 32.5 Å². The summed E-state index contributed by atoms with van der Waals surface area (Å²) in [6.07, 6.45) is 2.55. The second-order valence-corrected chi connectivity index (χ2v) is 9.97. The number of aryl methyl sites for hydroxylation is 1. The number of benzene rings is 2. The smallest absolute Gasteiger partial charge is 0.344 e. The highest BCUT2D eigenvalue weighted by Crippen LogP contribution is 2.23. The lowest BCUT2D eigenvalue weighted by Crippen LogP contribution is -2.23. The summed E-state index contributed by atoms with van der Waals surface area (Å²) in [6, 6.07) is 15.0. The van der Waals surface area contributed by atoms with Crippen molar-refractivity contribution in [3.63, 3.8) is 0 Å². The quantitative estimate of drug-likeness (QED) is 0.182. The minimum atomic E-state index is -0.401. The fourth-order valence-electron chi connectivity index (χ4n) is 4.25. The van der Waals surface area contributed by atoms with Crippen LogP contribution in [0.15, 0.2) is 62.9 Å². The molecule has 1 atom stereocenters. The predicted molar refractivity (Wildman–Crippen MR) is 153 cm³/mol. The van der Waals surface area contributed by atoms with Gasteiger partial charge in [0.25, 0.3) is 5.56 Å². The van der Waals surface area contributed by atoms with E-state index in [1.54, 1.807) is 19.2 Å². The fraction of sp³-hybridized carbons (Fsp3) is 0.310. The van der Waals surface area contributed by atoms with Gasteiger partial charge in [-0.1, -0.05) is 29.8 Å². The Bertz CT molecular complexity index is 1550. The Morgan fingerprint density at radius 2 is 1.87 bits per heavy atom. The normalized spacial score (nSPS) is 12.3. The molecule has 0 fully saturated rings. The van der Waals surface area contributed by atoms with Crippen LogP contribution in [0.3, 0.4) is 0 Å². The van der Waals surface area contributed by atoms with E-state index in [1.165, 1.54) is 4.68 Å². The van der Waals surface area contributed by atoms with Gasteiger partial charge in [0.1, 0.15) is 11.6 Å². The maximum absolute atomic E-state index is 13.4. The van der Waals surface area contributed by atoms with Gasteiger partial charge < -0.3 is 14.0 Å². The van der Waals surface area contributed by atoms with Crippen LogP contribution in [0.4, 0.5) is 0 Å². The van der Waals surface area contributed by atoms with Crippen molar-refractivity contribution in [2.75, 3.05) is 13.2 Å². The van der Waals surface area contributed by atoms with Gasteiger partial charge in [0.15, 0.2) is 6.61 Å². The molecule has 4 rings (SSSR count). The standard InChI is InChI=1S/C29H31BrN4O4/c1-6-18(3)28-32-26-13-8-22(30)15-25(26)29(36)34(28)31-16-21-14-19(4)33(20(21)5)23-9-11-24(12-10-23)38-17-27(35)37-7-2/h8-16,18H,6-7,17H2,1-5H3/t18-/m0/s1. The largest absolute Gasteiger partial charge is 0.482 e. The first-order valence-corrected chi connectivity index (χ1v) is 13.4. The van der Waals surface area contributed by atoms with E-state index in [4.69, 9.17) is 14.5 Å². The van der Waals surface area contributed by atoms with Crippen LogP contribution in [0, 0.1) is 13.8 Å². The molecule has 0 aliphatic heterocycles. The predicted octanol–water partition coefficient (Wildman–Crippen LogP) is 5.90. The summed E-state index contributed by atoms with van der Waals surface area (Å²) in [6.45, 7) is 10.1. The lowest BCUT2D eigenvalue weighted by Gasteiger charge is -2.14. The molecule has 0 N–H and O–H groups in total. The molecule has 2 heterocycles. The van der Waals surface area contributed by atoms with Crippen molar-refractivity contribution in [3.05, 3.63) is 86.1 Å². The highest BCUT2D eigenvalue weighted by Gasteiger charge is 2.16. The highest BCUT2D eigenvalue weighted by molar-refractivity contribution is 9.10. The van der Waals surface area contributed by atoms with Crippen molar-refractivity contribution < 1.29 is 14.3 Å². The third-order valence-corrected chi connectivity index (χ3v) is 6.92. The molecule has 0 unspecified atom stereocenters. The molecule has 0 aliphatic rings. The number of hydrogen-bond donors (Lipinski definition) is 0. The molecule has 0 saturated heterocycles. The third-order valence-electron chi connectivity index (χ3n) is 6.43. The number of carbonyl (C=O) groups is 1. The third kappa shape index (κ3) is 5.72. The first kappa shape index (κ1) is 27.3. The Labute approximate surface area is 230 Å². The van der Waals surface area contributed by atoms with Crippen molar-refractivity contribution >= 4 is 39.0 Å². The summed E-state index contributed by atoms with van der Waals surface area (Å²) in [5.41, 5.74) is 4.28. The van der Waals surface area contributed by atoms with E-state index in [0.717, 1.165) is 33.5 Å². The van der Waals surface area contributed by atoms with E-state index in [1.807, 2.05) is 63.2 Å². The van der Waals surface area contributed by atoms with Gasteiger partial charge in [-0.2, -0.15) is 9.78 Å². The molecule has 0 saturated carbocycles. The van der Waals surface area contributed by atoms with Crippen LogP contribution >= 0.6 is 15.9 Å². The van der Waals surface area contributed by atoms with Gasteiger partial charge in [0.05, 0.1) is 23.7 Å². The highest BCUT2D eigenvalue weighted by atomic mass is 79.9. The molecule has 0 radical (unpaired) electrons. The van der Waals surface area contributed by atoms with Gasteiger partial charge in [0.2, 0.25) is 0 Å². The van der Waals surface area contributed by atoms with Crippen LogP contribution in [0.1, 0.15) is 55.9 Å². The van der Waals surface area contributed by atoms with Crippen molar-refractivity contribution in [3.8, 4) is 11.4 Å². The Morgan fingerprint density at radius 1 is 1.13 bits per heavy atom. The monoisotopic (exact) mass is 578 g/mol. The molecule has 2 aromatic carbocycles. The Kier molecular flexibility index (Phi) is 8.46. The van der Waals surface area contributed by atoms with Crippen molar-refractivity contribution in [2.24, 2.45) is 5.10 Å². The maximum Gasteiger partial charge on any atom is 0.344 e. The van der Waals surface area contributed by atoms with Crippen LogP contribution < -0.4 is 10.3 Å². The van der Waals surface area contributed by atoms with E-state index in [9.17, 15) is 9.59 Å². The molecular weight excluding hydrogens is 548 g/mol. The molecule has 0 spiro atoms. The zero-order chi connectivity index (χ0) is 27.4. The zero-order valence-corrected chi connectivity index (χ0v) is 23.8. The van der Waals surface area contributed by atoms with Gasteiger partial charge in [-0.25, -0.2) is 9.78 Å². The average molecular weight is 579 g/mol. The Hall–Kier alpha value is -3.72. The average Bonchev–Trinajstić information content (AvgIpc) is 3.19. The van der Waals surface area contributed by atoms with E-state index < -0.39 is 5.97 Å². The molecule has 198 valence electrons. The first-order chi connectivity index (χ1) is 18.2. The summed E-state index contributed by atoms with van der Waals surface area (Å²) < 4.78 is 14.7. The number of fused-ring (bicyclic) bond motifs is 1. The topological polar surface area (TPSA) is 87.7 Å². The van der Waals surface area contributed by atoms with Crippen LogP contribution in [0.5, 0.6) is 5.75 Å². The van der Waals surface area contributed by atoms with Gasteiger partial charge in [0, 0.05) is 33.0 Å². The number of aromatic nitrogens is 3. The van der Waals surface area contributed by atoms with Crippen LogP contribution in [0.25, 0.3) is 16.6 Å².